The van der Waals surface area contributed by atoms with Gasteiger partial charge in [-0.25, -0.2) is 13.6 Å². The lowest BCUT2D eigenvalue weighted by Gasteiger charge is -2.06. The van der Waals surface area contributed by atoms with Gasteiger partial charge in [-0.15, -0.1) is 0 Å². The molecule has 0 saturated carbocycles. The molecule has 1 aromatic heterocycles. The summed E-state index contributed by atoms with van der Waals surface area (Å²) in [4.78, 5) is 27.8. The van der Waals surface area contributed by atoms with Crippen LogP contribution in [0.4, 0.5) is 14.5 Å². The van der Waals surface area contributed by atoms with Gasteiger partial charge in [-0.1, -0.05) is 24.3 Å². The number of pyridine rings is 1. The molecule has 1 heterocycles. The van der Waals surface area contributed by atoms with Crippen molar-refractivity contribution in [1.29, 1.82) is 0 Å². The van der Waals surface area contributed by atoms with Gasteiger partial charge in [0.15, 0.2) is 6.61 Å². The van der Waals surface area contributed by atoms with Crippen LogP contribution >= 0.6 is 0 Å². The van der Waals surface area contributed by atoms with Gasteiger partial charge < -0.3 is 10.1 Å². The number of nitrogens with one attached hydrogen (secondary N) is 1. The van der Waals surface area contributed by atoms with Crippen LogP contribution in [0.2, 0.25) is 0 Å². The SMILES string of the molecule is O=C(COC(=O)/C=C/c1cccc2cccnc12)Nc1cc(F)ccc1F. The second-order valence-electron chi connectivity index (χ2n) is 5.54. The molecule has 0 aliphatic carbocycles. The summed E-state index contributed by atoms with van der Waals surface area (Å²) in [6, 6.07) is 11.9. The monoisotopic (exact) mass is 368 g/mol. The summed E-state index contributed by atoms with van der Waals surface area (Å²) in [5.41, 5.74) is 1.12. The first-order chi connectivity index (χ1) is 13.0. The highest BCUT2D eigenvalue weighted by atomic mass is 19.1. The minimum atomic E-state index is -0.792. The number of hydrogen-bond donors (Lipinski definition) is 1. The Labute approximate surface area is 153 Å². The Kier molecular flexibility index (Phi) is 5.51. The van der Waals surface area contributed by atoms with E-state index >= 15 is 0 Å². The minimum absolute atomic E-state index is 0.326. The van der Waals surface area contributed by atoms with E-state index in [1.165, 1.54) is 12.2 Å². The van der Waals surface area contributed by atoms with Gasteiger partial charge in [0.1, 0.15) is 11.6 Å². The van der Waals surface area contributed by atoms with Crippen LogP contribution in [0.15, 0.2) is 60.8 Å². The normalized spacial score (nSPS) is 10.9. The molecule has 136 valence electrons. The Morgan fingerprint density at radius 3 is 2.78 bits per heavy atom. The minimum Gasteiger partial charge on any atom is -0.452 e. The molecule has 0 spiro atoms. The molecule has 27 heavy (non-hydrogen) atoms. The molecule has 5 nitrogen and oxygen atoms in total. The van der Waals surface area contributed by atoms with Crippen molar-refractivity contribution in [2.24, 2.45) is 0 Å². The van der Waals surface area contributed by atoms with Crippen LogP contribution in [0.5, 0.6) is 0 Å². The summed E-state index contributed by atoms with van der Waals surface area (Å²) < 4.78 is 31.3. The number of halogens is 2. The summed E-state index contributed by atoms with van der Waals surface area (Å²) in [5, 5.41) is 3.06. The number of rotatable bonds is 5. The fourth-order valence-electron chi connectivity index (χ4n) is 2.38. The second kappa shape index (κ2) is 8.18. The fourth-order valence-corrected chi connectivity index (χ4v) is 2.38. The van der Waals surface area contributed by atoms with E-state index in [4.69, 9.17) is 4.74 Å². The van der Waals surface area contributed by atoms with Crippen LogP contribution in [-0.4, -0.2) is 23.5 Å². The highest BCUT2D eigenvalue weighted by Gasteiger charge is 2.10. The fraction of sp³-hybridized carbons (Fsp3) is 0.0500. The van der Waals surface area contributed by atoms with Crippen molar-refractivity contribution >= 4 is 34.5 Å². The molecule has 1 N–H and O–H groups in total. The number of carbonyl (C=O) groups is 2. The van der Waals surface area contributed by atoms with Gasteiger partial charge in [0, 0.05) is 29.3 Å². The maximum absolute atomic E-state index is 13.5. The first-order valence-electron chi connectivity index (χ1n) is 7.96. The van der Waals surface area contributed by atoms with E-state index in [0.717, 1.165) is 34.7 Å². The molecule has 7 heteroatoms. The molecule has 3 rings (SSSR count). The van der Waals surface area contributed by atoms with Gasteiger partial charge in [-0.2, -0.15) is 0 Å². The van der Waals surface area contributed by atoms with Gasteiger partial charge in [-0.3, -0.25) is 9.78 Å². The Hall–Kier alpha value is -3.61. The smallest absolute Gasteiger partial charge is 0.331 e. The maximum Gasteiger partial charge on any atom is 0.331 e. The van der Waals surface area contributed by atoms with Gasteiger partial charge in [-0.05, 0) is 24.3 Å². The van der Waals surface area contributed by atoms with Crippen LogP contribution < -0.4 is 5.32 Å². The van der Waals surface area contributed by atoms with Crippen LogP contribution in [0.25, 0.3) is 17.0 Å². The zero-order valence-corrected chi connectivity index (χ0v) is 14.0. The predicted octanol–water partition coefficient (Wildman–Crippen LogP) is 3.71. The Morgan fingerprint density at radius 2 is 1.93 bits per heavy atom. The molecular weight excluding hydrogens is 354 g/mol. The molecule has 0 bridgehead atoms. The van der Waals surface area contributed by atoms with Crippen LogP contribution in [0.3, 0.4) is 0 Å². The molecule has 1 amide bonds. The highest BCUT2D eigenvalue weighted by molar-refractivity contribution is 5.96. The molecule has 3 aromatic rings. The molecular formula is C20H14F2N2O3. The molecule has 0 aliphatic heterocycles. The summed E-state index contributed by atoms with van der Waals surface area (Å²) in [7, 11) is 0. The Bertz CT molecular complexity index is 1030. The van der Waals surface area contributed by atoms with Crippen molar-refractivity contribution in [2.45, 2.75) is 0 Å². The largest absolute Gasteiger partial charge is 0.452 e. The molecule has 2 aromatic carbocycles. The topological polar surface area (TPSA) is 68.3 Å². The Balaban J connectivity index is 1.58. The quantitative estimate of drug-likeness (QED) is 0.551. The zero-order chi connectivity index (χ0) is 19.2. The first kappa shape index (κ1) is 18.2. The lowest BCUT2D eigenvalue weighted by molar-refractivity contribution is -0.142. The summed E-state index contributed by atoms with van der Waals surface area (Å²) in [6.45, 7) is -0.632. The summed E-state index contributed by atoms with van der Waals surface area (Å²) in [6.07, 6.45) is 4.34. The molecule has 0 atom stereocenters. The standard InChI is InChI=1S/C20H14F2N2O3/c21-15-7-8-16(22)17(11-15)24-18(25)12-27-19(26)9-6-14-4-1-3-13-5-2-10-23-20(13)14/h1-11H,12H2,(H,24,25)/b9-6+. The van der Waals surface area contributed by atoms with E-state index < -0.39 is 30.1 Å². The number of para-hydroxylation sites is 1. The van der Waals surface area contributed by atoms with Gasteiger partial charge in [0.2, 0.25) is 0 Å². The molecule has 0 unspecified atom stereocenters. The van der Waals surface area contributed by atoms with E-state index in [9.17, 15) is 18.4 Å². The third-order valence-electron chi connectivity index (χ3n) is 3.61. The van der Waals surface area contributed by atoms with Crippen molar-refractivity contribution < 1.29 is 23.1 Å². The molecule has 0 aliphatic rings. The number of anilines is 1. The van der Waals surface area contributed by atoms with E-state index in [-0.39, 0.29) is 5.69 Å². The molecule has 0 saturated heterocycles. The number of amides is 1. The number of benzene rings is 2. The highest BCUT2D eigenvalue weighted by Crippen LogP contribution is 2.17. The van der Waals surface area contributed by atoms with Crippen molar-refractivity contribution in [2.75, 3.05) is 11.9 Å². The number of esters is 1. The van der Waals surface area contributed by atoms with Crippen LogP contribution in [0.1, 0.15) is 5.56 Å². The van der Waals surface area contributed by atoms with E-state index in [1.807, 2.05) is 24.3 Å². The molecule has 0 radical (unpaired) electrons. The number of hydrogen-bond acceptors (Lipinski definition) is 4. The van der Waals surface area contributed by atoms with E-state index in [1.54, 1.807) is 12.3 Å². The van der Waals surface area contributed by atoms with E-state index in [0.29, 0.717) is 0 Å². The number of aromatic nitrogens is 1. The number of fused-ring (bicyclic) bond motifs is 1. The number of ether oxygens (including phenoxy) is 1. The van der Waals surface area contributed by atoms with Crippen LogP contribution in [-0.2, 0) is 14.3 Å². The van der Waals surface area contributed by atoms with Crippen molar-refractivity contribution in [3.8, 4) is 0 Å². The predicted molar refractivity (Wildman–Crippen MR) is 96.7 cm³/mol. The average Bonchev–Trinajstić information content (AvgIpc) is 2.67. The Morgan fingerprint density at radius 1 is 1.11 bits per heavy atom. The summed E-state index contributed by atoms with van der Waals surface area (Å²) >= 11 is 0. The van der Waals surface area contributed by atoms with Gasteiger partial charge in [0.25, 0.3) is 5.91 Å². The maximum atomic E-state index is 13.5. The third-order valence-corrected chi connectivity index (χ3v) is 3.61. The number of nitrogens with zero attached hydrogens (tertiary/aromatic N) is 1. The molecule has 0 fully saturated rings. The average molecular weight is 368 g/mol. The lowest BCUT2D eigenvalue weighted by Crippen LogP contribution is -2.20. The van der Waals surface area contributed by atoms with Gasteiger partial charge >= 0.3 is 5.97 Å². The van der Waals surface area contributed by atoms with E-state index in [2.05, 4.69) is 10.3 Å². The van der Waals surface area contributed by atoms with Crippen molar-refractivity contribution in [3.05, 3.63) is 78.0 Å². The van der Waals surface area contributed by atoms with Gasteiger partial charge in [0.05, 0.1) is 11.2 Å². The first-order valence-corrected chi connectivity index (χ1v) is 7.96. The van der Waals surface area contributed by atoms with Crippen molar-refractivity contribution in [3.63, 3.8) is 0 Å². The van der Waals surface area contributed by atoms with Crippen molar-refractivity contribution in [1.82, 2.24) is 4.98 Å². The summed E-state index contributed by atoms with van der Waals surface area (Å²) in [5.74, 6) is -3.03. The van der Waals surface area contributed by atoms with Crippen LogP contribution in [0, 0.1) is 11.6 Å². The second-order valence-corrected chi connectivity index (χ2v) is 5.54. The zero-order valence-electron chi connectivity index (χ0n) is 14.0. The number of carbonyl (C=O) groups excluding carboxylic acids is 2. The third kappa shape index (κ3) is 4.72. The lowest BCUT2D eigenvalue weighted by atomic mass is 10.1.